The number of fused-ring (bicyclic) bond motifs is 2. The van der Waals surface area contributed by atoms with Crippen LogP contribution in [0.5, 0.6) is 23.0 Å². The van der Waals surface area contributed by atoms with Crippen LogP contribution in [0.15, 0.2) is 48.8 Å². The largest absolute Gasteiger partial charge is 0.492 e. The highest BCUT2D eigenvalue weighted by Gasteiger charge is 2.39. The van der Waals surface area contributed by atoms with Gasteiger partial charge in [-0.2, -0.15) is 10.2 Å². The summed E-state index contributed by atoms with van der Waals surface area (Å²) in [7, 11) is 3.69. The first-order chi connectivity index (χ1) is 38.0. The number of anilines is 2. The Labute approximate surface area is 467 Å². The molecule has 80 heavy (non-hydrogen) atoms. The second kappa shape index (κ2) is 29.0. The summed E-state index contributed by atoms with van der Waals surface area (Å²) in [5.41, 5.74) is 1.56. The number of nitrogens with zero attached hydrogens (tertiary/aromatic N) is 6. The summed E-state index contributed by atoms with van der Waals surface area (Å²) in [6.07, 6.45) is 0.622. The minimum absolute atomic E-state index is 0.341. The van der Waals surface area contributed by atoms with Crippen LogP contribution in [0.2, 0.25) is 0 Å². The van der Waals surface area contributed by atoms with Crippen LogP contribution in [0.4, 0.5) is 21.2 Å². The molecule has 0 aliphatic carbocycles. The fourth-order valence-corrected chi connectivity index (χ4v) is 8.83. The molecule has 0 radical (unpaired) electrons. The number of aromatic nitrogens is 8. The van der Waals surface area contributed by atoms with E-state index in [-0.39, 0.29) is 0 Å². The van der Waals surface area contributed by atoms with Gasteiger partial charge in [0.1, 0.15) is 56.7 Å². The average molecular weight is 1120 g/mol. The molecule has 0 saturated heterocycles. The number of amides is 4. The number of rotatable bonds is 26. The summed E-state index contributed by atoms with van der Waals surface area (Å²) in [5.74, 6) is 2.86. The molecular weight excluding hydrogens is 1030 g/mol. The van der Waals surface area contributed by atoms with Gasteiger partial charge >= 0.3 is 12.2 Å². The molecule has 0 bridgehead atoms. The van der Waals surface area contributed by atoms with E-state index in [1.807, 2.05) is 131 Å². The number of aromatic amines is 2. The Balaban J connectivity index is 0.000000294. The number of ether oxygens (including phenoxy) is 6. The van der Waals surface area contributed by atoms with Crippen molar-refractivity contribution in [3.63, 3.8) is 0 Å². The number of aliphatic hydroxyl groups excluding tert-OH is 2. The van der Waals surface area contributed by atoms with Gasteiger partial charge in [0.15, 0.2) is 36.1 Å². The minimum Gasteiger partial charge on any atom is -0.492 e. The molecule has 24 nitrogen and oxygen atoms in total. The van der Waals surface area contributed by atoms with E-state index in [1.165, 1.54) is 12.4 Å². The van der Waals surface area contributed by atoms with Crippen LogP contribution in [0.3, 0.4) is 0 Å². The number of imidazole rings is 2. The topological polar surface area (TPSA) is 305 Å². The Morgan fingerprint density at radius 3 is 1.19 bits per heavy atom. The summed E-state index contributed by atoms with van der Waals surface area (Å²) in [6, 6.07) is 8.71. The van der Waals surface area contributed by atoms with Crippen molar-refractivity contribution in [1.29, 1.82) is 0 Å². The van der Waals surface area contributed by atoms with Crippen molar-refractivity contribution in [2.24, 2.45) is 24.9 Å². The van der Waals surface area contributed by atoms with Gasteiger partial charge < -0.3 is 69.0 Å². The number of hydrogen-bond acceptors (Lipinski definition) is 16. The highest BCUT2D eigenvalue weighted by molar-refractivity contribution is 5.95. The number of benzene rings is 2. The van der Waals surface area contributed by atoms with E-state index >= 15 is 0 Å². The zero-order valence-electron chi connectivity index (χ0n) is 48.8. The maximum Gasteiger partial charge on any atom is 0.408 e. The van der Waals surface area contributed by atoms with Crippen molar-refractivity contribution in [3.8, 4) is 23.0 Å². The zero-order chi connectivity index (χ0) is 58.9. The normalized spacial score (nSPS) is 13.9. The molecule has 4 aromatic heterocycles. The fraction of sp³-hybridized carbons (Fsp3) is 0.571. The molecular formula is C56H84N12O12. The van der Waals surface area contributed by atoms with E-state index in [1.54, 1.807) is 12.1 Å². The first-order valence-corrected chi connectivity index (χ1v) is 27.4. The molecule has 4 heterocycles. The number of carbonyl (C=O) groups excluding carboxylic acids is 4. The van der Waals surface area contributed by atoms with Crippen LogP contribution in [0.25, 0.3) is 22.1 Å². The summed E-state index contributed by atoms with van der Waals surface area (Å²) in [6.45, 7) is 25.1. The second-order valence-corrected chi connectivity index (χ2v) is 21.2. The molecule has 0 aliphatic rings. The summed E-state index contributed by atoms with van der Waals surface area (Å²) >= 11 is 0. The van der Waals surface area contributed by atoms with Crippen molar-refractivity contribution in [3.05, 3.63) is 60.4 Å². The molecule has 6 aromatic rings. The van der Waals surface area contributed by atoms with E-state index in [9.17, 15) is 29.4 Å². The Bertz CT molecular complexity index is 2730. The number of H-pyrrole nitrogens is 2. The van der Waals surface area contributed by atoms with Crippen LogP contribution in [-0.4, -0.2) is 124 Å². The first kappa shape index (κ1) is 63.2. The molecule has 0 fully saturated rings. The number of aliphatic hydroxyl groups is 2. The lowest BCUT2D eigenvalue weighted by Gasteiger charge is -2.31. The van der Waals surface area contributed by atoms with Crippen molar-refractivity contribution in [2.45, 2.75) is 158 Å². The lowest BCUT2D eigenvalue weighted by Crippen LogP contribution is -2.49. The molecule has 0 spiro atoms. The molecule has 0 aliphatic heterocycles. The number of alkyl carbamates (subject to hydrolysis) is 2. The van der Waals surface area contributed by atoms with Crippen molar-refractivity contribution in [1.82, 2.24) is 50.1 Å². The van der Waals surface area contributed by atoms with Crippen LogP contribution in [0.1, 0.15) is 145 Å². The third kappa shape index (κ3) is 16.3. The molecule has 0 unspecified atom stereocenters. The van der Waals surface area contributed by atoms with Crippen molar-refractivity contribution < 1.29 is 57.8 Å². The van der Waals surface area contributed by atoms with Crippen LogP contribution in [0, 0.1) is 10.8 Å². The summed E-state index contributed by atoms with van der Waals surface area (Å²) in [4.78, 5) is 61.6. The van der Waals surface area contributed by atoms with Crippen molar-refractivity contribution in [2.75, 3.05) is 37.1 Å². The summed E-state index contributed by atoms with van der Waals surface area (Å²) < 4.78 is 39.0. The van der Waals surface area contributed by atoms with Gasteiger partial charge in [-0.15, -0.1) is 0 Å². The third-order valence-corrected chi connectivity index (χ3v) is 12.8. The standard InChI is InChI=1S/2C28H42N6O6/c2*1-8-11-12-17(23(35)26(36)31-20-15-16-29-33-20)30-27(37)40-24(28(4,5)6)25-32-21-18(38-9-2)13-14-19(39-10-3)22(21)34(25)7/h2*13-17,23-24,35H,8-12H2,1-7H3,(H,30,37)(H2,29,31,33,36)/t17-,23+,24-;17-,23-,24-/m00/s1. The van der Waals surface area contributed by atoms with E-state index in [4.69, 9.17) is 38.4 Å². The first-order valence-electron chi connectivity index (χ1n) is 27.4. The number of hydrogen-bond donors (Lipinski definition) is 8. The quantitative estimate of drug-likeness (QED) is 0.0251. The molecule has 8 N–H and O–H groups in total. The fourth-order valence-electron chi connectivity index (χ4n) is 8.83. The average Bonchev–Trinajstić information content (AvgIpc) is 4.25. The number of unbranched alkanes of at least 4 members (excludes halogenated alkanes) is 2. The maximum atomic E-state index is 13.3. The predicted molar refractivity (Wildman–Crippen MR) is 303 cm³/mol. The number of aryl methyl sites for hydroxylation is 2. The maximum absolute atomic E-state index is 13.3. The monoisotopic (exact) mass is 1120 g/mol. The molecule has 24 heteroatoms. The van der Waals surface area contributed by atoms with Gasteiger partial charge in [-0.3, -0.25) is 19.8 Å². The van der Waals surface area contributed by atoms with Gasteiger partial charge in [-0.05, 0) is 64.8 Å². The van der Waals surface area contributed by atoms with Gasteiger partial charge in [0.2, 0.25) is 0 Å². The van der Waals surface area contributed by atoms with Gasteiger partial charge in [0.05, 0.1) is 50.9 Å². The van der Waals surface area contributed by atoms with Gasteiger partial charge in [-0.1, -0.05) is 81.1 Å². The second-order valence-electron chi connectivity index (χ2n) is 21.2. The highest BCUT2D eigenvalue weighted by atomic mass is 16.6. The molecule has 6 rings (SSSR count). The van der Waals surface area contributed by atoms with E-state index < -0.39 is 71.3 Å². The zero-order valence-corrected chi connectivity index (χ0v) is 48.8. The Morgan fingerprint density at radius 1 is 0.550 bits per heavy atom. The molecule has 0 saturated carbocycles. The van der Waals surface area contributed by atoms with E-state index in [0.717, 1.165) is 23.9 Å². The Kier molecular flexibility index (Phi) is 22.9. The van der Waals surface area contributed by atoms with Crippen LogP contribution >= 0.6 is 0 Å². The summed E-state index contributed by atoms with van der Waals surface area (Å²) in [5, 5.41) is 45.0. The van der Waals surface area contributed by atoms with Crippen molar-refractivity contribution >= 4 is 57.7 Å². The number of carbonyl (C=O) groups is 4. The van der Waals surface area contributed by atoms with Crippen LogP contribution in [-0.2, 0) is 33.2 Å². The molecule has 6 atom stereocenters. The van der Waals surface area contributed by atoms with Gasteiger partial charge in [0.25, 0.3) is 11.8 Å². The molecule has 440 valence electrons. The number of nitrogens with one attached hydrogen (secondary N) is 6. The third-order valence-electron chi connectivity index (χ3n) is 12.8. The van der Waals surface area contributed by atoms with Gasteiger partial charge in [-0.25, -0.2) is 19.6 Å². The van der Waals surface area contributed by atoms with E-state index in [2.05, 4.69) is 41.7 Å². The Hall–Kier alpha value is -7.60. The van der Waals surface area contributed by atoms with Crippen LogP contribution < -0.4 is 40.2 Å². The Morgan fingerprint density at radius 2 is 0.887 bits per heavy atom. The van der Waals surface area contributed by atoms with E-state index in [0.29, 0.717) is 109 Å². The highest BCUT2D eigenvalue weighted by Crippen LogP contribution is 2.42. The lowest BCUT2D eigenvalue weighted by atomic mass is 9.88. The lowest BCUT2D eigenvalue weighted by molar-refractivity contribution is -0.126. The SMILES string of the molecule is CCCC[C@H](NC(=O)O[C@@H](c1nc2c(OCC)ccc(OCC)c2n1C)C(C)(C)C)[C@@H](O)C(=O)Nc1ccn[nH]1.CCCC[C@H](NC(=O)O[C@@H](c1nc2c(OCC)ccc(OCC)c2n1C)C(C)(C)C)[C@H](O)C(=O)Nc1ccn[nH]1. The predicted octanol–water partition coefficient (Wildman–Crippen LogP) is 8.93. The molecule has 2 aromatic carbocycles. The smallest absolute Gasteiger partial charge is 0.408 e. The van der Waals surface area contributed by atoms with Gasteiger partial charge in [0, 0.05) is 37.1 Å². The minimum atomic E-state index is -1.51. The molecule has 4 amide bonds.